The van der Waals surface area contributed by atoms with Crippen LogP contribution >= 0.6 is 0 Å². The highest BCUT2D eigenvalue weighted by Gasteiger charge is 2.20. The van der Waals surface area contributed by atoms with Crippen LogP contribution in [0.15, 0.2) is 0 Å². The summed E-state index contributed by atoms with van der Waals surface area (Å²) in [6.07, 6.45) is 7.81. The van der Waals surface area contributed by atoms with Gasteiger partial charge < -0.3 is 5.32 Å². The van der Waals surface area contributed by atoms with Gasteiger partial charge in [0.05, 0.1) is 12.1 Å². The smallest absolute Gasteiger partial charge is 0.0979 e. The lowest BCUT2D eigenvalue weighted by Gasteiger charge is -2.18. The van der Waals surface area contributed by atoms with Gasteiger partial charge in [-0.3, -0.25) is 0 Å². The van der Waals surface area contributed by atoms with Crippen LogP contribution in [0, 0.1) is 17.2 Å². The standard InChI is InChI=1S/C10H18N2/c1-12-10(8-11)9-6-4-2-3-5-7-9/h9-10,12H,2-7H2,1H3. The van der Waals surface area contributed by atoms with Crippen molar-refractivity contribution >= 4 is 0 Å². The van der Waals surface area contributed by atoms with Crippen molar-refractivity contribution in [1.29, 1.82) is 5.26 Å². The highest BCUT2D eigenvalue weighted by molar-refractivity contribution is 4.94. The summed E-state index contributed by atoms with van der Waals surface area (Å²) in [4.78, 5) is 0. The molecular formula is C10H18N2. The fraction of sp³-hybridized carbons (Fsp3) is 0.900. The molecule has 1 aliphatic carbocycles. The van der Waals surface area contributed by atoms with Gasteiger partial charge in [-0.1, -0.05) is 25.7 Å². The Morgan fingerprint density at radius 3 is 2.25 bits per heavy atom. The van der Waals surface area contributed by atoms with Crippen LogP contribution in [0.5, 0.6) is 0 Å². The van der Waals surface area contributed by atoms with E-state index in [1.807, 2.05) is 7.05 Å². The average Bonchev–Trinajstić information content (AvgIpc) is 2.35. The Kier molecular flexibility index (Phi) is 4.10. The van der Waals surface area contributed by atoms with Gasteiger partial charge in [-0.25, -0.2) is 0 Å². The van der Waals surface area contributed by atoms with Crippen molar-refractivity contribution < 1.29 is 0 Å². The van der Waals surface area contributed by atoms with Gasteiger partial charge in [-0.2, -0.15) is 5.26 Å². The van der Waals surface area contributed by atoms with Gasteiger partial charge in [0.1, 0.15) is 0 Å². The fourth-order valence-electron chi connectivity index (χ4n) is 2.05. The third-order valence-corrected chi connectivity index (χ3v) is 2.82. The van der Waals surface area contributed by atoms with E-state index >= 15 is 0 Å². The van der Waals surface area contributed by atoms with Gasteiger partial charge in [0.25, 0.3) is 0 Å². The number of rotatable bonds is 2. The first-order valence-corrected chi connectivity index (χ1v) is 4.95. The molecule has 1 N–H and O–H groups in total. The van der Waals surface area contributed by atoms with E-state index < -0.39 is 0 Å². The van der Waals surface area contributed by atoms with Gasteiger partial charge in [-0.15, -0.1) is 0 Å². The Morgan fingerprint density at radius 1 is 1.25 bits per heavy atom. The van der Waals surface area contributed by atoms with Crippen LogP contribution in [0.3, 0.4) is 0 Å². The zero-order valence-electron chi connectivity index (χ0n) is 7.84. The highest BCUT2D eigenvalue weighted by Crippen LogP contribution is 2.25. The van der Waals surface area contributed by atoms with E-state index in [1.54, 1.807) is 0 Å². The van der Waals surface area contributed by atoms with Gasteiger partial charge in [0.2, 0.25) is 0 Å². The summed E-state index contributed by atoms with van der Waals surface area (Å²) in [6, 6.07) is 2.42. The monoisotopic (exact) mass is 166 g/mol. The molecule has 0 radical (unpaired) electrons. The molecule has 0 aromatic rings. The summed E-state index contributed by atoms with van der Waals surface area (Å²) in [5.41, 5.74) is 0. The summed E-state index contributed by atoms with van der Waals surface area (Å²) < 4.78 is 0. The molecule has 68 valence electrons. The van der Waals surface area contributed by atoms with Crippen LogP contribution in [0.1, 0.15) is 38.5 Å². The quantitative estimate of drug-likeness (QED) is 0.637. The normalized spacial score (nSPS) is 22.7. The van der Waals surface area contributed by atoms with Crippen molar-refractivity contribution in [1.82, 2.24) is 5.32 Å². The second-order valence-electron chi connectivity index (χ2n) is 3.65. The summed E-state index contributed by atoms with van der Waals surface area (Å²) in [5, 5.41) is 11.9. The average molecular weight is 166 g/mol. The maximum Gasteiger partial charge on any atom is 0.0979 e. The molecule has 0 aromatic heterocycles. The minimum atomic E-state index is 0.0862. The lowest BCUT2D eigenvalue weighted by Crippen LogP contribution is -2.31. The summed E-state index contributed by atoms with van der Waals surface area (Å²) in [6.45, 7) is 0. The molecule has 1 atom stereocenters. The third kappa shape index (κ3) is 2.49. The first kappa shape index (κ1) is 9.54. The van der Waals surface area contributed by atoms with Crippen LogP contribution < -0.4 is 5.32 Å². The van der Waals surface area contributed by atoms with E-state index in [-0.39, 0.29) is 6.04 Å². The number of nitrogens with zero attached hydrogens (tertiary/aromatic N) is 1. The predicted octanol–water partition coefficient (Wildman–Crippen LogP) is 2.07. The molecule has 0 heterocycles. The number of hydrogen-bond donors (Lipinski definition) is 1. The first-order valence-electron chi connectivity index (χ1n) is 4.95. The molecule has 1 rings (SSSR count). The maximum absolute atomic E-state index is 8.86. The SMILES string of the molecule is CNC(C#N)C1CCCCCC1. The van der Waals surface area contributed by atoms with Crippen molar-refractivity contribution in [2.75, 3.05) is 7.05 Å². The maximum atomic E-state index is 8.86. The molecule has 1 fully saturated rings. The Labute approximate surface area is 75.0 Å². The van der Waals surface area contributed by atoms with Gasteiger partial charge in [-0.05, 0) is 25.8 Å². The van der Waals surface area contributed by atoms with E-state index in [0.717, 1.165) is 0 Å². The molecule has 2 heteroatoms. The first-order chi connectivity index (χ1) is 5.88. The van der Waals surface area contributed by atoms with Crippen molar-refractivity contribution in [3.8, 4) is 6.07 Å². The highest BCUT2D eigenvalue weighted by atomic mass is 14.9. The molecule has 0 bridgehead atoms. The van der Waals surface area contributed by atoms with E-state index in [9.17, 15) is 0 Å². The molecule has 0 aromatic carbocycles. The lowest BCUT2D eigenvalue weighted by atomic mass is 9.93. The van der Waals surface area contributed by atoms with Crippen LogP contribution in [0.2, 0.25) is 0 Å². The topological polar surface area (TPSA) is 35.8 Å². The molecule has 1 unspecified atom stereocenters. The van der Waals surface area contributed by atoms with Crippen LogP contribution in [-0.2, 0) is 0 Å². The van der Waals surface area contributed by atoms with Gasteiger partial charge in [0, 0.05) is 0 Å². The summed E-state index contributed by atoms with van der Waals surface area (Å²) in [5.74, 6) is 0.600. The third-order valence-electron chi connectivity index (χ3n) is 2.82. The molecular weight excluding hydrogens is 148 g/mol. The minimum absolute atomic E-state index is 0.0862. The Bertz CT molecular complexity index is 152. The van der Waals surface area contributed by atoms with Crippen LogP contribution in [0.25, 0.3) is 0 Å². The zero-order valence-corrected chi connectivity index (χ0v) is 7.84. The number of hydrogen-bond acceptors (Lipinski definition) is 2. The summed E-state index contributed by atoms with van der Waals surface area (Å²) in [7, 11) is 1.89. The molecule has 1 saturated carbocycles. The van der Waals surface area contributed by atoms with E-state index in [1.165, 1.54) is 38.5 Å². The van der Waals surface area contributed by atoms with Crippen molar-refractivity contribution in [3.63, 3.8) is 0 Å². The molecule has 0 saturated heterocycles. The van der Waals surface area contributed by atoms with Gasteiger partial charge in [0.15, 0.2) is 0 Å². The Balaban J connectivity index is 2.42. The molecule has 12 heavy (non-hydrogen) atoms. The Hall–Kier alpha value is -0.550. The van der Waals surface area contributed by atoms with Crippen molar-refractivity contribution in [2.24, 2.45) is 5.92 Å². The van der Waals surface area contributed by atoms with E-state index in [4.69, 9.17) is 5.26 Å². The number of nitriles is 1. The van der Waals surface area contributed by atoms with E-state index in [0.29, 0.717) is 5.92 Å². The molecule has 1 aliphatic rings. The fourth-order valence-corrected chi connectivity index (χ4v) is 2.05. The Morgan fingerprint density at radius 2 is 1.83 bits per heavy atom. The van der Waals surface area contributed by atoms with Crippen LogP contribution in [-0.4, -0.2) is 13.1 Å². The predicted molar refractivity (Wildman–Crippen MR) is 49.7 cm³/mol. The largest absolute Gasteiger partial charge is 0.305 e. The molecule has 0 spiro atoms. The summed E-state index contributed by atoms with van der Waals surface area (Å²) >= 11 is 0. The number of nitrogens with one attached hydrogen (secondary N) is 1. The molecule has 0 aliphatic heterocycles. The van der Waals surface area contributed by atoms with Gasteiger partial charge >= 0.3 is 0 Å². The van der Waals surface area contributed by atoms with Crippen molar-refractivity contribution in [2.45, 2.75) is 44.6 Å². The second kappa shape index (κ2) is 5.16. The molecule has 2 nitrogen and oxygen atoms in total. The second-order valence-corrected chi connectivity index (χ2v) is 3.65. The zero-order chi connectivity index (χ0) is 8.81. The lowest BCUT2D eigenvalue weighted by molar-refractivity contribution is 0.387. The minimum Gasteiger partial charge on any atom is -0.305 e. The van der Waals surface area contributed by atoms with E-state index in [2.05, 4.69) is 11.4 Å². The molecule has 0 amide bonds. The van der Waals surface area contributed by atoms with Crippen LogP contribution in [0.4, 0.5) is 0 Å². The van der Waals surface area contributed by atoms with Crippen molar-refractivity contribution in [3.05, 3.63) is 0 Å².